The van der Waals surface area contributed by atoms with Crippen LogP contribution in [0.5, 0.6) is 5.75 Å². The lowest BCUT2D eigenvalue weighted by molar-refractivity contribution is 0.102. The third-order valence-corrected chi connectivity index (χ3v) is 2.78. The molecule has 0 fully saturated rings. The van der Waals surface area contributed by atoms with Crippen LogP contribution in [0, 0.1) is 0 Å². The van der Waals surface area contributed by atoms with E-state index in [2.05, 4.69) is 26.2 Å². The first kappa shape index (κ1) is 12.4. The van der Waals surface area contributed by atoms with Gasteiger partial charge < -0.3 is 15.4 Å². The summed E-state index contributed by atoms with van der Waals surface area (Å²) in [6, 6.07) is 7.94. The molecule has 1 aromatic heterocycles. The Balaban J connectivity index is 2.22. The van der Waals surface area contributed by atoms with E-state index in [1.54, 1.807) is 24.3 Å². The van der Waals surface area contributed by atoms with Gasteiger partial charge in [0, 0.05) is 22.4 Å². The first-order valence-corrected chi connectivity index (χ1v) is 5.84. The predicted molar refractivity (Wildman–Crippen MR) is 70.8 cm³/mol. The number of hydrogen-bond acceptors (Lipinski definition) is 3. The Labute approximate surface area is 111 Å². The van der Waals surface area contributed by atoms with Gasteiger partial charge in [-0.15, -0.1) is 0 Å². The highest BCUT2D eigenvalue weighted by molar-refractivity contribution is 9.10. The molecule has 6 heteroatoms. The lowest BCUT2D eigenvalue weighted by atomic mass is 10.2. The van der Waals surface area contributed by atoms with Gasteiger partial charge >= 0.3 is 0 Å². The highest BCUT2D eigenvalue weighted by Gasteiger charge is 2.11. The molecule has 0 radical (unpaired) electrons. The van der Waals surface area contributed by atoms with E-state index in [9.17, 15) is 14.7 Å². The van der Waals surface area contributed by atoms with E-state index in [1.165, 1.54) is 6.20 Å². The van der Waals surface area contributed by atoms with Crippen molar-refractivity contribution in [1.29, 1.82) is 0 Å². The van der Waals surface area contributed by atoms with E-state index in [-0.39, 0.29) is 11.3 Å². The molecule has 0 unspecified atom stereocenters. The van der Waals surface area contributed by atoms with Crippen LogP contribution >= 0.6 is 15.9 Å². The van der Waals surface area contributed by atoms with Gasteiger partial charge in [0.25, 0.3) is 11.5 Å². The number of aromatic amines is 1. The third kappa shape index (κ3) is 2.78. The minimum Gasteiger partial charge on any atom is -0.507 e. The van der Waals surface area contributed by atoms with Crippen LogP contribution in [0.1, 0.15) is 10.4 Å². The Morgan fingerprint density at radius 3 is 2.56 bits per heavy atom. The van der Waals surface area contributed by atoms with Crippen LogP contribution in [0.3, 0.4) is 0 Å². The number of benzene rings is 1. The van der Waals surface area contributed by atoms with Crippen molar-refractivity contribution in [3.05, 3.63) is 56.9 Å². The number of H-pyrrole nitrogens is 1. The minimum atomic E-state index is -0.494. The topological polar surface area (TPSA) is 82.2 Å². The fourth-order valence-electron chi connectivity index (χ4n) is 1.37. The molecule has 92 valence electrons. The van der Waals surface area contributed by atoms with Gasteiger partial charge in [0.1, 0.15) is 5.75 Å². The molecule has 1 heterocycles. The average Bonchev–Trinajstić information content (AvgIpc) is 2.32. The molecule has 0 saturated carbocycles. The highest BCUT2D eigenvalue weighted by Crippen LogP contribution is 2.17. The van der Waals surface area contributed by atoms with Gasteiger partial charge in [-0.05, 0) is 24.3 Å². The second-order valence-electron chi connectivity index (χ2n) is 3.56. The zero-order chi connectivity index (χ0) is 13.1. The van der Waals surface area contributed by atoms with E-state index < -0.39 is 11.5 Å². The predicted octanol–water partition coefficient (Wildman–Crippen LogP) is 2.10. The van der Waals surface area contributed by atoms with Crippen molar-refractivity contribution in [1.82, 2.24) is 4.98 Å². The quantitative estimate of drug-likeness (QED) is 0.794. The molecule has 2 rings (SSSR count). The Kier molecular flexibility index (Phi) is 3.47. The van der Waals surface area contributed by atoms with Crippen LogP contribution in [-0.4, -0.2) is 16.0 Å². The van der Waals surface area contributed by atoms with Crippen molar-refractivity contribution in [2.75, 3.05) is 5.32 Å². The Bertz CT molecular complexity index is 635. The molecule has 0 spiro atoms. The molecule has 1 amide bonds. The van der Waals surface area contributed by atoms with E-state index in [0.717, 1.165) is 10.5 Å². The van der Waals surface area contributed by atoms with Crippen molar-refractivity contribution in [2.24, 2.45) is 0 Å². The number of pyridine rings is 1. The number of hydrogen-bond donors (Lipinski definition) is 3. The molecule has 18 heavy (non-hydrogen) atoms. The number of carbonyl (C=O) groups excluding carboxylic acids is 1. The monoisotopic (exact) mass is 308 g/mol. The Hall–Kier alpha value is -2.08. The molecule has 0 aliphatic carbocycles. The van der Waals surface area contributed by atoms with Crippen LogP contribution < -0.4 is 10.9 Å². The number of nitrogens with one attached hydrogen (secondary N) is 2. The number of aromatic hydroxyl groups is 1. The molecule has 1 aromatic carbocycles. The summed E-state index contributed by atoms with van der Waals surface area (Å²) in [4.78, 5) is 25.1. The van der Waals surface area contributed by atoms with E-state index in [4.69, 9.17) is 0 Å². The van der Waals surface area contributed by atoms with Crippen LogP contribution in [-0.2, 0) is 0 Å². The van der Waals surface area contributed by atoms with Crippen molar-refractivity contribution in [3.8, 4) is 5.75 Å². The van der Waals surface area contributed by atoms with Crippen molar-refractivity contribution in [3.63, 3.8) is 0 Å². The molecule has 2 aromatic rings. The molecular weight excluding hydrogens is 300 g/mol. The van der Waals surface area contributed by atoms with E-state index in [0.29, 0.717) is 5.69 Å². The summed E-state index contributed by atoms with van der Waals surface area (Å²) in [5, 5.41) is 12.1. The van der Waals surface area contributed by atoms with Gasteiger partial charge in [-0.25, -0.2) is 0 Å². The molecule has 0 aliphatic heterocycles. The first-order valence-electron chi connectivity index (χ1n) is 5.05. The molecule has 0 aliphatic rings. The summed E-state index contributed by atoms with van der Waals surface area (Å²) in [6.45, 7) is 0. The summed E-state index contributed by atoms with van der Waals surface area (Å²) in [7, 11) is 0. The average molecular weight is 309 g/mol. The number of rotatable bonds is 2. The number of halogens is 1. The van der Waals surface area contributed by atoms with E-state index >= 15 is 0 Å². The van der Waals surface area contributed by atoms with Gasteiger partial charge in [0.05, 0.1) is 5.56 Å². The molecule has 0 atom stereocenters. The normalized spacial score (nSPS) is 10.1. The lowest BCUT2D eigenvalue weighted by Crippen LogP contribution is -2.15. The Morgan fingerprint density at radius 1 is 1.28 bits per heavy atom. The molecule has 0 bridgehead atoms. The maximum absolute atomic E-state index is 11.8. The highest BCUT2D eigenvalue weighted by atomic mass is 79.9. The second kappa shape index (κ2) is 5.05. The smallest absolute Gasteiger partial charge is 0.260 e. The maximum atomic E-state index is 11.8. The molecule has 5 nitrogen and oxygen atoms in total. The van der Waals surface area contributed by atoms with Gasteiger partial charge in [0.2, 0.25) is 0 Å². The zero-order valence-electron chi connectivity index (χ0n) is 9.11. The first-order chi connectivity index (χ1) is 8.56. The summed E-state index contributed by atoms with van der Waals surface area (Å²) in [6.07, 6.45) is 1.17. The second-order valence-corrected chi connectivity index (χ2v) is 4.47. The van der Waals surface area contributed by atoms with Gasteiger partial charge in [-0.1, -0.05) is 15.9 Å². The van der Waals surface area contributed by atoms with Crippen molar-refractivity contribution < 1.29 is 9.90 Å². The summed E-state index contributed by atoms with van der Waals surface area (Å²) >= 11 is 3.28. The Morgan fingerprint density at radius 2 is 1.94 bits per heavy atom. The zero-order valence-corrected chi connectivity index (χ0v) is 10.7. The number of carbonyl (C=O) groups is 1. The van der Waals surface area contributed by atoms with Crippen molar-refractivity contribution >= 4 is 27.5 Å². The molecular formula is C12H9BrN2O3. The van der Waals surface area contributed by atoms with Gasteiger partial charge in [0.15, 0.2) is 0 Å². The minimum absolute atomic E-state index is 0.0116. The summed E-state index contributed by atoms with van der Waals surface area (Å²) in [5.41, 5.74) is 0.138. The summed E-state index contributed by atoms with van der Waals surface area (Å²) < 4.78 is 0.896. The van der Waals surface area contributed by atoms with Gasteiger partial charge in [-0.3, -0.25) is 9.59 Å². The fourth-order valence-corrected chi connectivity index (χ4v) is 1.64. The van der Waals surface area contributed by atoms with Crippen LogP contribution in [0.2, 0.25) is 0 Å². The number of anilines is 1. The summed E-state index contributed by atoms with van der Waals surface area (Å²) in [5.74, 6) is -0.848. The molecule has 3 N–H and O–H groups in total. The standard InChI is InChI=1S/C12H9BrN2O3/c13-7-1-3-8(4-2-7)15-12(18)9-6-14-11(17)5-10(9)16/h1-6H,(H,15,18)(H2,14,16,17). The lowest BCUT2D eigenvalue weighted by Gasteiger charge is -2.06. The third-order valence-electron chi connectivity index (χ3n) is 2.25. The number of aromatic nitrogens is 1. The van der Waals surface area contributed by atoms with Crippen molar-refractivity contribution in [2.45, 2.75) is 0 Å². The maximum Gasteiger partial charge on any atom is 0.260 e. The van der Waals surface area contributed by atoms with Crippen LogP contribution in [0.4, 0.5) is 5.69 Å². The fraction of sp³-hybridized carbons (Fsp3) is 0. The number of amides is 1. The van der Waals surface area contributed by atoms with Crippen LogP contribution in [0.15, 0.2) is 45.8 Å². The SMILES string of the molecule is O=C(Nc1ccc(Br)cc1)c1c[nH]c(=O)cc1O. The molecule has 0 saturated heterocycles. The van der Waals surface area contributed by atoms with Crippen LogP contribution in [0.25, 0.3) is 0 Å². The van der Waals surface area contributed by atoms with E-state index in [1.807, 2.05) is 0 Å². The van der Waals surface area contributed by atoms with Gasteiger partial charge in [-0.2, -0.15) is 0 Å². The largest absolute Gasteiger partial charge is 0.507 e.